The van der Waals surface area contributed by atoms with Crippen LogP contribution >= 0.6 is 23.2 Å². The maximum atomic E-state index is 13.4. The third kappa shape index (κ3) is 3.80. The molecule has 0 unspecified atom stereocenters. The number of alkyl halides is 3. The SMILES string of the molecule is O=S(=O)(N[C@H](c1ccc(Cl)cc1)C(F)(F)F)c1ccc2ncc(Cl)n2c1. The molecular formula is C15H10Cl2F3N3O2S. The first-order valence-corrected chi connectivity index (χ1v) is 9.29. The maximum Gasteiger partial charge on any atom is 0.408 e. The van der Waals surface area contributed by atoms with Crippen molar-refractivity contribution in [3.8, 4) is 0 Å². The summed E-state index contributed by atoms with van der Waals surface area (Å²) in [7, 11) is -4.50. The fourth-order valence-corrected chi connectivity index (χ4v) is 3.81. The van der Waals surface area contributed by atoms with Gasteiger partial charge in [0.2, 0.25) is 10.0 Å². The van der Waals surface area contributed by atoms with Crippen LogP contribution < -0.4 is 4.72 Å². The zero-order valence-electron chi connectivity index (χ0n) is 12.7. The number of fused-ring (bicyclic) bond motifs is 1. The molecule has 11 heteroatoms. The quantitative estimate of drug-likeness (QED) is 0.682. The lowest BCUT2D eigenvalue weighted by Crippen LogP contribution is -2.38. The van der Waals surface area contributed by atoms with Gasteiger partial charge in [-0.3, -0.25) is 4.40 Å². The highest BCUT2D eigenvalue weighted by atomic mass is 35.5. The predicted molar refractivity (Wildman–Crippen MR) is 90.8 cm³/mol. The van der Waals surface area contributed by atoms with Crippen molar-refractivity contribution in [2.45, 2.75) is 17.1 Å². The van der Waals surface area contributed by atoms with E-state index in [0.29, 0.717) is 5.65 Å². The van der Waals surface area contributed by atoms with Crippen LogP contribution in [0.2, 0.25) is 10.2 Å². The van der Waals surface area contributed by atoms with Crippen molar-refractivity contribution in [3.05, 3.63) is 64.5 Å². The summed E-state index contributed by atoms with van der Waals surface area (Å²) in [5, 5.41) is 0.361. The van der Waals surface area contributed by atoms with Gasteiger partial charge in [0.15, 0.2) is 0 Å². The van der Waals surface area contributed by atoms with Crippen LogP contribution in [-0.4, -0.2) is 24.0 Å². The minimum atomic E-state index is -4.85. The van der Waals surface area contributed by atoms with Crippen molar-refractivity contribution in [1.82, 2.24) is 14.1 Å². The Kier molecular flexibility index (Phi) is 4.91. The van der Waals surface area contributed by atoms with E-state index in [1.54, 1.807) is 4.72 Å². The first kappa shape index (κ1) is 19.0. The highest BCUT2D eigenvalue weighted by molar-refractivity contribution is 7.89. The summed E-state index contributed by atoms with van der Waals surface area (Å²) < 4.78 is 68.2. The van der Waals surface area contributed by atoms with E-state index in [4.69, 9.17) is 23.2 Å². The van der Waals surface area contributed by atoms with Gasteiger partial charge in [0.05, 0.1) is 11.1 Å². The molecule has 2 heterocycles. The van der Waals surface area contributed by atoms with E-state index in [1.807, 2.05) is 0 Å². The average Bonchev–Trinajstić information content (AvgIpc) is 2.93. The van der Waals surface area contributed by atoms with Crippen molar-refractivity contribution in [2.75, 3.05) is 0 Å². The molecular weight excluding hydrogens is 414 g/mol. The molecule has 1 atom stereocenters. The molecule has 0 spiro atoms. The van der Waals surface area contributed by atoms with Gasteiger partial charge in [0.1, 0.15) is 16.8 Å². The van der Waals surface area contributed by atoms with E-state index in [-0.39, 0.29) is 20.6 Å². The van der Waals surface area contributed by atoms with Gasteiger partial charge < -0.3 is 0 Å². The molecule has 0 fully saturated rings. The van der Waals surface area contributed by atoms with Gasteiger partial charge in [-0.1, -0.05) is 35.3 Å². The maximum absolute atomic E-state index is 13.4. The molecule has 0 aliphatic rings. The molecule has 0 radical (unpaired) electrons. The lowest BCUT2D eigenvalue weighted by Gasteiger charge is -2.22. The summed E-state index contributed by atoms with van der Waals surface area (Å²) in [4.78, 5) is 3.54. The topological polar surface area (TPSA) is 63.5 Å². The molecule has 2 aromatic heterocycles. The second kappa shape index (κ2) is 6.73. The van der Waals surface area contributed by atoms with Gasteiger partial charge in [-0.15, -0.1) is 0 Å². The van der Waals surface area contributed by atoms with Crippen molar-refractivity contribution >= 4 is 38.9 Å². The van der Waals surface area contributed by atoms with Gasteiger partial charge >= 0.3 is 6.18 Å². The molecule has 5 nitrogen and oxygen atoms in total. The Hall–Kier alpha value is -1.81. The van der Waals surface area contributed by atoms with Gasteiger partial charge in [0, 0.05) is 11.2 Å². The number of sulfonamides is 1. The molecule has 0 aliphatic heterocycles. The summed E-state index contributed by atoms with van der Waals surface area (Å²) in [5.41, 5.74) is 0.0752. The minimum absolute atomic E-state index is 0.127. The van der Waals surface area contributed by atoms with Crippen LogP contribution in [0.15, 0.2) is 53.7 Å². The molecule has 0 bridgehead atoms. The van der Waals surface area contributed by atoms with E-state index >= 15 is 0 Å². The average molecular weight is 424 g/mol. The lowest BCUT2D eigenvalue weighted by atomic mass is 10.1. The van der Waals surface area contributed by atoms with Crippen molar-refractivity contribution in [1.29, 1.82) is 0 Å². The summed E-state index contributed by atoms with van der Waals surface area (Å²) in [6, 6.07) is 4.78. The first-order valence-electron chi connectivity index (χ1n) is 7.05. The molecule has 0 saturated carbocycles. The lowest BCUT2D eigenvalue weighted by molar-refractivity contribution is -0.153. The second-order valence-electron chi connectivity index (χ2n) is 5.32. The number of hydrogen-bond donors (Lipinski definition) is 1. The van der Waals surface area contributed by atoms with Gasteiger partial charge in [-0.25, -0.2) is 13.4 Å². The molecule has 0 saturated heterocycles. The van der Waals surface area contributed by atoms with Crippen LogP contribution in [0.4, 0.5) is 13.2 Å². The Morgan fingerprint density at radius 1 is 1.08 bits per heavy atom. The van der Waals surface area contributed by atoms with Gasteiger partial charge in [-0.05, 0) is 29.8 Å². The van der Waals surface area contributed by atoms with Gasteiger partial charge in [-0.2, -0.15) is 17.9 Å². The predicted octanol–water partition coefficient (Wildman–Crippen LogP) is 4.22. The van der Waals surface area contributed by atoms with E-state index in [0.717, 1.165) is 24.4 Å². The number of benzene rings is 1. The Bertz CT molecular complexity index is 1050. The molecule has 3 aromatic rings. The Balaban J connectivity index is 2.00. The Morgan fingerprint density at radius 3 is 2.35 bits per heavy atom. The normalized spacial score (nSPS) is 13.9. The second-order valence-corrected chi connectivity index (χ2v) is 7.86. The molecule has 26 heavy (non-hydrogen) atoms. The smallest absolute Gasteiger partial charge is 0.289 e. The van der Waals surface area contributed by atoms with Crippen LogP contribution in [0.3, 0.4) is 0 Å². The van der Waals surface area contributed by atoms with Crippen LogP contribution in [-0.2, 0) is 10.0 Å². The monoisotopic (exact) mass is 423 g/mol. The Morgan fingerprint density at radius 2 is 1.73 bits per heavy atom. The number of rotatable bonds is 4. The van der Waals surface area contributed by atoms with Crippen molar-refractivity contribution in [2.24, 2.45) is 0 Å². The van der Waals surface area contributed by atoms with Crippen LogP contribution in [0.1, 0.15) is 11.6 Å². The molecule has 1 N–H and O–H groups in total. The first-order chi connectivity index (χ1) is 12.1. The summed E-state index contributed by atoms with van der Waals surface area (Å²) in [6.07, 6.45) is -2.45. The summed E-state index contributed by atoms with van der Waals surface area (Å²) >= 11 is 11.6. The minimum Gasteiger partial charge on any atom is -0.289 e. The number of nitrogens with one attached hydrogen (secondary N) is 1. The zero-order valence-corrected chi connectivity index (χ0v) is 15.0. The molecule has 138 valence electrons. The van der Waals surface area contributed by atoms with E-state index < -0.39 is 22.2 Å². The number of pyridine rings is 1. The van der Waals surface area contributed by atoms with E-state index in [9.17, 15) is 21.6 Å². The Labute approximate surface area is 156 Å². The van der Waals surface area contributed by atoms with Crippen molar-refractivity contribution < 1.29 is 21.6 Å². The molecule has 0 aliphatic carbocycles. The van der Waals surface area contributed by atoms with Crippen LogP contribution in [0.25, 0.3) is 5.65 Å². The number of imidazole rings is 1. The van der Waals surface area contributed by atoms with Crippen LogP contribution in [0.5, 0.6) is 0 Å². The molecule has 0 amide bonds. The van der Waals surface area contributed by atoms with Crippen molar-refractivity contribution in [3.63, 3.8) is 0 Å². The molecule has 3 rings (SSSR count). The standard InChI is InChI=1S/C15H10Cl2F3N3O2S/c16-10-3-1-9(2-4-10)14(15(18,19)20)22-26(24,25)11-5-6-13-21-7-12(17)23(13)8-11/h1-8,14,22H/t14-/m1/s1. The number of halogens is 5. The van der Waals surface area contributed by atoms with Gasteiger partial charge in [0.25, 0.3) is 0 Å². The van der Waals surface area contributed by atoms with E-state index in [2.05, 4.69) is 4.98 Å². The highest BCUT2D eigenvalue weighted by Crippen LogP contribution is 2.34. The summed E-state index contributed by atoms with van der Waals surface area (Å²) in [5.74, 6) is 0. The fourth-order valence-electron chi connectivity index (χ4n) is 2.29. The fraction of sp³-hybridized carbons (Fsp3) is 0.133. The number of nitrogens with zero attached hydrogens (tertiary/aromatic N) is 2. The summed E-state index contributed by atoms with van der Waals surface area (Å²) in [6.45, 7) is 0. The number of aromatic nitrogens is 2. The number of hydrogen-bond acceptors (Lipinski definition) is 3. The van der Waals surface area contributed by atoms with Crippen LogP contribution in [0, 0.1) is 0 Å². The third-order valence-electron chi connectivity index (χ3n) is 3.55. The third-order valence-corrected chi connectivity index (χ3v) is 5.49. The zero-order chi connectivity index (χ0) is 19.1. The molecule has 1 aromatic carbocycles. The highest BCUT2D eigenvalue weighted by Gasteiger charge is 2.43. The largest absolute Gasteiger partial charge is 0.408 e. The van der Waals surface area contributed by atoms with E-state index in [1.165, 1.54) is 28.8 Å².